The van der Waals surface area contributed by atoms with Gasteiger partial charge in [0.25, 0.3) is 5.91 Å². The minimum atomic E-state index is 0.131. The van der Waals surface area contributed by atoms with Crippen molar-refractivity contribution in [2.24, 2.45) is 0 Å². The molecule has 5 heteroatoms. The summed E-state index contributed by atoms with van der Waals surface area (Å²) in [7, 11) is 0. The molecule has 1 fully saturated rings. The number of nitrogens with zero attached hydrogens (tertiary/aromatic N) is 3. The zero-order valence-corrected chi connectivity index (χ0v) is 15.6. The lowest BCUT2D eigenvalue weighted by Crippen LogP contribution is -2.48. The van der Waals surface area contributed by atoms with Crippen molar-refractivity contribution in [2.45, 2.75) is 6.92 Å². The topological polar surface area (TPSA) is 36.4 Å². The first-order valence-corrected chi connectivity index (χ1v) is 9.71. The van der Waals surface area contributed by atoms with Crippen molar-refractivity contribution in [3.8, 4) is 11.3 Å². The predicted molar refractivity (Wildman–Crippen MR) is 107 cm³/mol. The van der Waals surface area contributed by atoms with E-state index in [9.17, 15) is 4.79 Å². The van der Waals surface area contributed by atoms with E-state index in [4.69, 9.17) is 4.98 Å². The summed E-state index contributed by atoms with van der Waals surface area (Å²) >= 11 is 1.67. The largest absolute Gasteiger partial charge is 0.345 e. The molecule has 1 aliphatic rings. The van der Waals surface area contributed by atoms with Crippen molar-refractivity contribution in [3.63, 3.8) is 0 Å². The number of hydrogen-bond donors (Lipinski definition) is 0. The van der Waals surface area contributed by atoms with Gasteiger partial charge in [-0.15, -0.1) is 11.3 Å². The van der Waals surface area contributed by atoms with Crippen molar-refractivity contribution in [2.75, 3.05) is 31.1 Å². The van der Waals surface area contributed by atoms with Crippen LogP contribution in [0.25, 0.3) is 11.3 Å². The smallest absolute Gasteiger partial charge is 0.254 e. The quantitative estimate of drug-likeness (QED) is 0.703. The minimum Gasteiger partial charge on any atom is -0.345 e. The van der Waals surface area contributed by atoms with E-state index in [2.05, 4.69) is 22.4 Å². The Bertz CT molecular complexity index is 898. The third-order valence-corrected chi connectivity index (χ3v) is 5.68. The summed E-state index contributed by atoms with van der Waals surface area (Å²) in [6, 6.07) is 18.0. The number of carbonyl (C=O) groups excluding carboxylic acids is 1. The fourth-order valence-electron chi connectivity index (χ4n) is 3.24. The van der Waals surface area contributed by atoms with Crippen molar-refractivity contribution in [1.29, 1.82) is 0 Å². The molecule has 0 atom stereocenters. The molecule has 3 aromatic rings. The molecule has 4 rings (SSSR count). The number of rotatable bonds is 3. The van der Waals surface area contributed by atoms with Crippen LogP contribution in [0.2, 0.25) is 0 Å². The second-order valence-electron chi connectivity index (χ2n) is 6.48. The lowest BCUT2D eigenvalue weighted by atomic mass is 10.1. The fourth-order valence-corrected chi connectivity index (χ4v) is 4.12. The zero-order valence-electron chi connectivity index (χ0n) is 14.8. The number of aromatic nitrogens is 1. The van der Waals surface area contributed by atoms with Crippen molar-refractivity contribution in [3.05, 3.63) is 71.1 Å². The van der Waals surface area contributed by atoms with Gasteiger partial charge in [0.05, 0.1) is 5.69 Å². The summed E-state index contributed by atoms with van der Waals surface area (Å²) in [6.45, 7) is 5.09. The normalized spacial score (nSPS) is 14.5. The zero-order chi connectivity index (χ0) is 17.9. The van der Waals surface area contributed by atoms with Crippen LogP contribution >= 0.6 is 11.3 Å². The van der Waals surface area contributed by atoms with Crippen LogP contribution in [0.3, 0.4) is 0 Å². The van der Waals surface area contributed by atoms with Crippen LogP contribution in [0, 0.1) is 6.92 Å². The number of amides is 1. The summed E-state index contributed by atoms with van der Waals surface area (Å²) in [5, 5.41) is 3.14. The highest BCUT2D eigenvalue weighted by Gasteiger charge is 2.24. The lowest BCUT2D eigenvalue weighted by Gasteiger charge is -2.34. The van der Waals surface area contributed by atoms with Gasteiger partial charge in [0.15, 0.2) is 5.13 Å². The number of benzene rings is 2. The Morgan fingerprint density at radius 3 is 2.38 bits per heavy atom. The van der Waals surface area contributed by atoms with Crippen LogP contribution in [-0.2, 0) is 0 Å². The van der Waals surface area contributed by atoms with E-state index >= 15 is 0 Å². The first-order valence-electron chi connectivity index (χ1n) is 8.83. The molecule has 0 radical (unpaired) electrons. The van der Waals surface area contributed by atoms with Gasteiger partial charge >= 0.3 is 0 Å². The molecule has 0 saturated carbocycles. The van der Waals surface area contributed by atoms with Crippen LogP contribution in [0.1, 0.15) is 15.9 Å². The summed E-state index contributed by atoms with van der Waals surface area (Å²) in [6.07, 6.45) is 0. The second-order valence-corrected chi connectivity index (χ2v) is 7.31. The van der Waals surface area contributed by atoms with Gasteiger partial charge in [-0.1, -0.05) is 48.5 Å². The summed E-state index contributed by atoms with van der Waals surface area (Å²) < 4.78 is 0. The molecule has 0 aliphatic carbocycles. The summed E-state index contributed by atoms with van der Waals surface area (Å²) in [4.78, 5) is 21.8. The van der Waals surface area contributed by atoms with Crippen molar-refractivity contribution < 1.29 is 4.79 Å². The SMILES string of the molecule is Cc1ccccc1C(=O)N1CCN(c2nc(-c3ccccc3)cs2)CC1. The van der Waals surface area contributed by atoms with Crippen molar-refractivity contribution >= 4 is 22.4 Å². The van der Waals surface area contributed by atoms with E-state index in [-0.39, 0.29) is 5.91 Å². The number of thiazole rings is 1. The minimum absolute atomic E-state index is 0.131. The number of carbonyl (C=O) groups is 1. The summed E-state index contributed by atoms with van der Waals surface area (Å²) in [5.74, 6) is 0.131. The molecule has 132 valence electrons. The van der Waals surface area contributed by atoms with E-state index in [0.29, 0.717) is 0 Å². The molecule has 26 heavy (non-hydrogen) atoms. The molecule has 2 heterocycles. The van der Waals surface area contributed by atoms with E-state index in [1.54, 1.807) is 11.3 Å². The Kier molecular flexibility index (Phi) is 4.71. The Morgan fingerprint density at radius 2 is 1.65 bits per heavy atom. The maximum absolute atomic E-state index is 12.7. The van der Waals surface area contributed by atoms with Crippen molar-refractivity contribution in [1.82, 2.24) is 9.88 Å². The van der Waals surface area contributed by atoms with E-state index in [1.165, 1.54) is 0 Å². The van der Waals surface area contributed by atoms with Crippen LogP contribution in [0.5, 0.6) is 0 Å². The van der Waals surface area contributed by atoms with E-state index in [1.807, 2.05) is 54.3 Å². The van der Waals surface area contributed by atoms with Gasteiger partial charge in [-0.25, -0.2) is 4.98 Å². The molecule has 0 bridgehead atoms. The molecule has 0 unspecified atom stereocenters. The predicted octanol–water partition coefficient (Wildman–Crippen LogP) is 4.08. The molecule has 1 saturated heterocycles. The number of piperazine rings is 1. The van der Waals surface area contributed by atoms with Crippen LogP contribution < -0.4 is 4.90 Å². The maximum atomic E-state index is 12.7. The van der Waals surface area contributed by atoms with Gasteiger partial charge in [-0.2, -0.15) is 0 Å². The second kappa shape index (κ2) is 7.30. The average Bonchev–Trinajstić information content (AvgIpc) is 3.19. The molecule has 1 aromatic heterocycles. The van der Waals surface area contributed by atoms with Gasteiger partial charge in [0.1, 0.15) is 0 Å². The fraction of sp³-hybridized carbons (Fsp3) is 0.238. The van der Waals surface area contributed by atoms with Crippen LogP contribution in [-0.4, -0.2) is 42.0 Å². The van der Waals surface area contributed by atoms with E-state index < -0.39 is 0 Å². The summed E-state index contributed by atoms with van der Waals surface area (Å²) in [5.41, 5.74) is 4.00. The standard InChI is InChI=1S/C21H21N3OS/c1-16-7-5-6-10-18(16)20(25)23-11-13-24(14-12-23)21-22-19(15-26-21)17-8-3-2-4-9-17/h2-10,15H,11-14H2,1H3. The first kappa shape index (κ1) is 16.8. The molecule has 0 N–H and O–H groups in total. The number of anilines is 1. The Balaban J connectivity index is 1.42. The Morgan fingerprint density at radius 1 is 0.962 bits per heavy atom. The number of aryl methyl sites for hydroxylation is 1. The Labute approximate surface area is 157 Å². The van der Waals surface area contributed by atoms with Crippen LogP contribution in [0.4, 0.5) is 5.13 Å². The molecule has 1 amide bonds. The van der Waals surface area contributed by atoms with Gasteiger partial charge in [0.2, 0.25) is 0 Å². The molecule has 2 aromatic carbocycles. The monoisotopic (exact) mass is 363 g/mol. The molecule has 0 spiro atoms. The van der Waals surface area contributed by atoms with Crippen LogP contribution in [0.15, 0.2) is 60.0 Å². The van der Waals surface area contributed by atoms with Gasteiger partial charge in [-0.3, -0.25) is 4.79 Å². The highest BCUT2D eigenvalue weighted by atomic mass is 32.1. The highest BCUT2D eigenvalue weighted by molar-refractivity contribution is 7.14. The van der Waals surface area contributed by atoms with Gasteiger partial charge < -0.3 is 9.80 Å². The lowest BCUT2D eigenvalue weighted by molar-refractivity contribution is 0.0746. The molecule has 4 nitrogen and oxygen atoms in total. The molecular weight excluding hydrogens is 342 g/mol. The van der Waals surface area contributed by atoms with Gasteiger partial charge in [0, 0.05) is 42.7 Å². The van der Waals surface area contributed by atoms with E-state index in [0.717, 1.165) is 53.7 Å². The molecular formula is C21H21N3OS. The molecule has 1 aliphatic heterocycles. The average molecular weight is 363 g/mol. The number of hydrogen-bond acceptors (Lipinski definition) is 4. The maximum Gasteiger partial charge on any atom is 0.254 e. The Hall–Kier alpha value is -2.66. The van der Waals surface area contributed by atoms with Gasteiger partial charge in [-0.05, 0) is 18.6 Å². The third-order valence-electron chi connectivity index (χ3n) is 4.77. The third kappa shape index (κ3) is 3.35. The highest BCUT2D eigenvalue weighted by Crippen LogP contribution is 2.28. The first-order chi connectivity index (χ1) is 12.7.